The third-order valence-electron chi connectivity index (χ3n) is 2.92. The van der Waals surface area contributed by atoms with Crippen molar-refractivity contribution < 1.29 is 19.2 Å². The Morgan fingerprint density at radius 1 is 1.22 bits per heavy atom. The van der Waals surface area contributed by atoms with Crippen LogP contribution in [0.15, 0.2) is 36.4 Å². The fraction of sp³-hybridized carbons (Fsp3) is 0.188. The lowest BCUT2D eigenvalue weighted by molar-refractivity contribution is -0.385. The molecule has 0 spiro atoms. The molecule has 7 heteroatoms. The molecule has 0 saturated carbocycles. The lowest BCUT2D eigenvalue weighted by atomic mass is 10.2. The minimum Gasteiger partial charge on any atom is -0.479 e. The van der Waals surface area contributed by atoms with Crippen LogP contribution in [0.25, 0.3) is 0 Å². The van der Waals surface area contributed by atoms with Gasteiger partial charge in [0, 0.05) is 17.2 Å². The van der Waals surface area contributed by atoms with Gasteiger partial charge in [-0.3, -0.25) is 14.9 Å². The highest BCUT2D eigenvalue weighted by Crippen LogP contribution is 2.34. The minimum absolute atomic E-state index is 0.0192. The number of ketones is 1. The highest BCUT2D eigenvalue weighted by Gasteiger charge is 2.17. The molecule has 0 amide bonds. The molecule has 2 rings (SSSR count). The number of carbonyl (C=O) groups is 1. The molecule has 0 aliphatic heterocycles. The van der Waals surface area contributed by atoms with Gasteiger partial charge in [0.15, 0.2) is 5.78 Å². The predicted octanol–water partition coefficient (Wildman–Crippen LogP) is 4.32. The normalized spacial score (nSPS) is 10.2. The fourth-order valence-electron chi connectivity index (χ4n) is 1.86. The number of hydrogen-bond donors (Lipinski definition) is 0. The van der Waals surface area contributed by atoms with Crippen molar-refractivity contribution in [1.82, 2.24) is 0 Å². The maximum absolute atomic E-state index is 11.0. The van der Waals surface area contributed by atoms with Crippen molar-refractivity contribution >= 4 is 23.1 Å². The number of nitrogens with zero attached hydrogens (tertiary/aromatic N) is 1. The van der Waals surface area contributed by atoms with Crippen LogP contribution in [0.4, 0.5) is 5.69 Å². The van der Waals surface area contributed by atoms with Gasteiger partial charge in [-0.25, -0.2) is 0 Å². The number of hydrogen-bond acceptors (Lipinski definition) is 5. The number of nitro benzene ring substituents is 1. The van der Waals surface area contributed by atoms with Gasteiger partial charge in [0.25, 0.3) is 0 Å². The third-order valence-corrected chi connectivity index (χ3v) is 3.16. The molecular weight excluding hydrogens is 322 g/mol. The Kier molecular flexibility index (Phi) is 5.18. The summed E-state index contributed by atoms with van der Waals surface area (Å²) >= 11 is 5.89. The molecule has 0 radical (unpaired) electrons. The van der Waals surface area contributed by atoms with Gasteiger partial charge >= 0.3 is 5.69 Å². The first-order valence-corrected chi connectivity index (χ1v) is 7.09. The number of rotatable bonds is 6. The van der Waals surface area contributed by atoms with Gasteiger partial charge in [-0.05, 0) is 43.7 Å². The molecule has 0 aliphatic rings. The average Bonchev–Trinajstić information content (AvgIpc) is 2.48. The predicted molar refractivity (Wildman–Crippen MR) is 85.5 cm³/mol. The summed E-state index contributed by atoms with van der Waals surface area (Å²) in [6, 6.07) is 9.26. The van der Waals surface area contributed by atoms with Crippen LogP contribution in [0.1, 0.15) is 12.5 Å². The summed E-state index contributed by atoms with van der Waals surface area (Å²) in [6.45, 7) is 2.92. The van der Waals surface area contributed by atoms with Gasteiger partial charge in [0.05, 0.1) is 4.92 Å². The summed E-state index contributed by atoms with van der Waals surface area (Å²) in [5.74, 6) is 0.675. The van der Waals surface area contributed by atoms with Crippen molar-refractivity contribution in [2.45, 2.75) is 13.8 Å². The average molecular weight is 336 g/mol. The molecule has 120 valence electrons. The van der Waals surface area contributed by atoms with E-state index in [0.29, 0.717) is 16.5 Å². The number of nitro groups is 1. The Labute approximate surface area is 137 Å². The molecule has 0 fully saturated rings. The van der Waals surface area contributed by atoms with E-state index in [-0.39, 0.29) is 23.8 Å². The first-order chi connectivity index (χ1) is 10.9. The van der Waals surface area contributed by atoms with Gasteiger partial charge < -0.3 is 9.47 Å². The van der Waals surface area contributed by atoms with Crippen LogP contribution in [0.5, 0.6) is 17.2 Å². The van der Waals surface area contributed by atoms with Crippen molar-refractivity contribution in [3.8, 4) is 17.2 Å². The second kappa shape index (κ2) is 7.11. The van der Waals surface area contributed by atoms with Crippen LogP contribution >= 0.6 is 11.6 Å². The highest BCUT2D eigenvalue weighted by atomic mass is 35.5. The van der Waals surface area contributed by atoms with Crippen LogP contribution in [0.2, 0.25) is 5.02 Å². The zero-order valence-corrected chi connectivity index (χ0v) is 13.3. The van der Waals surface area contributed by atoms with Crippen molar-refractivity contribution in [3.63, 3.8) is 0 Å². The van der Waals surface area contributed by atoms with Crippen LogP contribution in [-0.2, 0) is 4.79 Å². The number of ether oxygens (including phenoxy) is 2. The molecule has 0 saturated heterocycles. The third kappa shape index (κ3) is 4.43. The number of aryl methyl sites for hydroxylation is 1. The summed E-state index contributed by atoms with van der Waals surface area (Å²) < 4.78 is 10.9. The van der Waals surface area contributed by atoms with Crippen molar-refractivity contribution in [2.24, 2.45) is 0 Å². The van der Waals surface area contributed by atoms with Gasteiger partial charge in [0.2, 0.25) is 5.75 Å². The zero-order chi connectivity index (χ0) is 17.0. The van der Waals surface area contributed by atoms with E-state index in [9.17, 15) is 14.9 Å². The molecule has 6 nitrogen and oxygen atoms in total. The maximum atomic E-state index is 11.0. The molecule has 0 unspecified atom stereocenters. The van der Waals surface area contributed by atoms with Gasteiger partial charge in [0.1, 0.15) is 18.1 Å². The standard InChI is InChI=1S/C16H14ClNO5/c1-10-7-12(17)3-6-15(10)23-13-4-5-14(18(20)21)16(8-13)22-9-11(2)19/h3-8H,9H2,1-2H3. The number of carbonyl (C=O) groups excluding carboxylic acids is 1. The lowest BCUT2D eigenvalue weighted by Crippen LogP contribution is -2.08. The largest absolute Gasteiger partial charge is 0.479 e. The molecule has 0 N–H and O–H groups in total. The molecule has 23 heavy (non-hydrogen) atoms. The molecule has 2 aromatic rings. The fourth-order valence-corrected chi connectivity index (χ4v) is 2.08. The SMILES string of the molecule is CC(=O)COc1cc(Oc2ccc(Cl)cc2C)ccc1[N+](=O)[O-]. The van der Waals surface area contributed by atoms with E-state index in [1.54, 1.807) is 18.2 Å². The Morgan fingerprint density at radius 2 is 1.96 bits per heavy atom. The number of benzene rings is 2. The molecule has 0 atom stereocenters. The van der Waals surface area contributed by atoms with Crippen molar-refractivity contribution in [2.75, 3.05) is 6.61 Å². The monoisotopic (exact) mass is 335 g/mol. The van der Waals surface area contributed by atoms with Gasteiger partial charge in [-0.15, -0.1) is 0 Å². The van der Waals surface area contributed by atoms with Crippen LogP contribution in [-0.4, -0.2) is 17.3 Å². The quantitative estimate of drug-likeness (QED) is 0.580. The maximum Gasteiger partial charge on any atom is 0.311 e. The van der Waals surface area contributed by atoms with E-state index < -0.39 is 4.92 Å². The van der Waals surface area contributed by atoms with E-state index in [4.69, 9.17) is 21.1 Å². The zero-order valence-electron chi connectivity index (χ0n) is 12.5. The smallest absolute Gasteiger partial charge is 0.311 e. The summed E-state index contributed by atoms with van der Waals surface area (Å²) in [5, 5.41) is 11.6. The minimum atomic E-state index is -0.577. The Balaban J connectivity index is 2.30. The summed E-state index contributed by atoms with van der Waals surface area (Å²) in [6.07, 6.45) is 0. The van der Waals surface area contributed by atoms with Crippen molar-refractivity contribution in [3.05, 3.63) is 57.1 Å². The van der Waals surface area contributed by atoms with E-state index >= 15 is 0 Å². The Bertz CT molecular complexity index is 760. The first kappa shape index (κ1) is 16.8. The summed E-state index contributed by atoms with van der Waals surface area (Å²) in [5.41, 5.74) is 0.591. The molecular formula is C16H14ClNO5. The van der Waals surface area contributed by atoms with E-state index in [2.05, 4.69) is 0 Å². The second-order valence-electron chi connectivity index (χ2n) is 4.89. The van der Waals surface area contributed by atoms with E-state index in [0.717, 1.165) is 5.56 Å². The molecule has 0 bridgehead atoms. The Morgan fingerprint density at radius 3 is 2.57 bits per heavy atom. The summed E-state index contributed by atoms with van der Waals surface area (Å²) in [7, 11) is 0. The molecule has 2 aromatic carbocycles. The number of halogens is 1. The second-order valence-corrected chi connectivity index (χ2v) is 5.33. The van der Waals surface area contributed by atoms with Gasteiger partial charge in [-0.2, -0.15) is 0 Å². The first-order valence-electron chi connectivity index (χ1n) is 6.71. The van der Waals surface area contributed by atoms with Crippen LogP contribution in [0.3, 0.4) is 0 Å². The molecule has 0 heterocycles. The topological polar surface area (TPSA) is 78.7 Å². The van der Waals surface area contributed by atoms with Crippen LogP contribution < -0.4 is 9.47 Å². The van der Waals surface area contributed by atoms with E-state index in [1.807, 2.05) is 6.92 Å². The van der Waals surface area contributed by atoms with Crippen LogP contribution in [0, 0.1) is 17.0 Å². The number of Topliss-reactive ketones (excluding diaryl/α,β-unsaturated/α-hetero) is 1. The summed E-state index contributed by atoms with van der Waals surface area (Å²) in [4.78, 5) is 21.4. The van der Waals surface area contributed by atoms with Gasteiger partial charge in [-0.1, -0.05) is 11.6 Å². The molecule has 0 aliphatic carbocycles. The molecule has 0 aromatic heterocycles. The van der Waals surface area contributed by atoms with Crippen molar-refractivity contribution in [1.29, 1.82) is 0 Å². The highest BCUT2D eigenvalue weighted by molar-refractivity contribution is 6.30. The Hall–Kier alpha value is -2.60. The lowest BCUT2D eigenvalue weighted by Gasteiger charge is -2.11. The van der Waals surface area contributed by atoms with E-state index in [1.165, 1.54) is 25.1 Å².